The SMILES string of the molecule is C[n+]1ccccc1-c1cc(F)ccc1N=[N+]=[N-].O=S(=O)([O-])C(F)(F)F. The summed E-state index contributed by atoms with van der Waals surface area (Å²) < 4.78 is 74.0. The predicted molar refractivity (Wildman–Crippen MR) is 77.6 cm³/mol. The highest BCUT2D eigenvalue weighted by atomic mass is 32.2. The molecule has 134 valence electrons. The van der Waals surface area contributed by atoms with Crippen molar-refractivity contribution in [2.45, 2.75) is 5.51 Å². The smallest absolute Gasteiger partial charge is 0.485 e. The van der Waals surface area contributed by atoms with Crippen molar-refractivity contribution >= 4 is 15.8 Å². The molecule has 0 saturated heterocycles. The molecule has 12 heteroatoms. The zero-order valence-corrected chi connectivity index (χ0v) is 13.3. The number of alkyl halides is 3. The molecule has 0 unspecified atom stereocenters. The van der Waals surface area contributed by atoms with E-state index in [2.05, 4.69) is 10.0 Å². The molecule has 0 saturated carbocycles. The second-order valence-corrected chi connectivity index (χ2v) is 5.82. The minimum Gasteiger partial charge on any atom is -0.741 e. The van der Waals surface area contributed by atoms with Crippen LogP contribution in [-0.4, -0.2) is 18.5 Å². The Bertz CT molecular complexity index is 910. The van der Waals surface area contributed by atoms with Crippen LogP contribution in [0.25, 0.3) is 21.7 Å². The summed E-state index contributed by atoms with van der Waals surface area (Å²) in [6.07, 6.45) is 1.85. The number of aryl methyl sites for hydroxylation is 1. The Hall–Kier alpha value is -2.69. The summed E-state index contributed by atoms with van der Waals surface area (Å²) in [5.41, 5.74) is 4.62. The molecular formula is C13H10F4N4O3S. The van der Waals surface area contributed by atoms with Crippen LogP contribution in [-0.2, 0) is 17.2 Å². The number of pyridine rings is 1. The molecule has 25 heavy (non-hydrogen) atoms. The summed E-state index contributed by atoms with van der Waals surface area (Å²) in [6, 6.07) is 9.66. The Labute approximate surface area is 139 Å². The molecule has 2 aromatic rings. The summed E-state index contributed by atoms with van der Waals surface area (Å²) in [6.45, 7) is 0. The molecule has 1 heterocycles. The van der Waals surface area contributed by atoms with Crippen LogP contribution in [0.5, 0.6) is 0 Å². The first-order chi connectivity index (χ1) is 11.5. The van der Waals surface area contributed by atoms with Crippen LogP contribution in [0.1, 0.15) is 0 Å². The van der Waals surface area contributed by atoms with Gasteiger partial charge in [0.05, 0.1) is 11.3 Å². The van der Waals surface area contributed by atoms with E-state index < -0.39 is 15.6 Å². The number of nitrogens with zero attached hydrogens (tertiary/aromatic N) is 4. The molecule has 0 aliphatic heterocycles. The summed E-state index contributed by atoms with van der Waals surface area (Å²) in [5, 5.41) is 3.57. The van der Waals surface area contributed by atoms with E-state index in [4.69, 9.17) is 18.5 Å². The average Bonchev–Trinajstić information content (AvgIpc) is 2.48. The van der Waals surface area contributed by atoms with E-state index in [-0.39, 0.29) is 5.82 Å². The maximum Gasteiger partial charge on any atom is 0.485 e. The standard InChI is InChI=1S/C12H10FN4.CHF3O3S/c1-17-7-3-2-4-12(17)10-8-9(13)5-6-11(10)15-16-14;2-1(3,4)8(5,6)7/h2-8H,1H3;(H,5,6,7)/q+1;/p-1. The van der Waals surface area contributed by atoms with Gasteiger partial charge < -0.3 is 4.55 Å². The van der Waals surface area contributed by atoms with Crippen molar-refractivity contribution in [1.82, 2.24) is 0 Å². The summed E-state index contributed by atoms with van der Waals surface area (Å²) >= 11 is 0. The van der Waals surface area contributed by atoms with Gasteiger partial charge in [0.15, 0.2) is 16.3 Å². The largest absolute Gasteiger partial charge is 0.741 e. The monoisotopic (exact) mass is 378 g/mol. The summed E-state index contributed by atoms with van der Waals surface area (Å²) in [5.74, 6) is -0.360. The summed E-state index contributed by atoms with van der Waals surface area (Å²) in [4.78, 5) is 2.74. The number of hydrogen-bond donors (Lipinski definition) is 0. The lowest BCUT2D eigenvalue weighted by atomic mass is 10.1. The molecule has 0 bridgehead atoms. The van der Waals surface area contributed by atoms with E-state index in [1.165, 1.54) is 18.2 Å². The predicted octanol–water partition coefficient (Wildman–Crippen LogP) is 3.31. The molecule has 0 N–H and O–H groups in total. The van der Waals surface area contributed by atoms with E-state index in [1.807, 2.05) is 36.0 Å². The molecule has 1 aromatic carbocycles. The van der Waals surface area contributed by atoms with Gasteiger partial charge in [0.25, 0.3) is 0 Å². The second-order valence-electron chi connectivity index (χ2n) is 4.45. The topological polar surface area (TPSA) is 110 Å². The third-order valence-corrected chi connectivity index (χ3v) is 3.29. The lowest BCUT2D eigenvalue weighted by Crippen LogP contribution is -2.29. The fourth-order valence-corrected chi connectivity index (χ4v) is 1.65. The fourth-order valence-electron chi connectivity index (χ4n) is 1.65. The first-order valence-electron chi connectivity index (χ1n) is 6.29. The van der Waals surface area contributed by atoms with Crippen molar-refractivity contribution < 1.29 is 35.1 Å². The summed E-state index contributed by atoms with van der Waals surface area (Å²) in [7, 11) is -4.24. The van der Waals surface area contributed by atoms with Crippen LogP contribution >= 0.6 is 0 Å². The molecule has 0 fully saturated rings. The number of aromatic nitrogens is 1. The van der Waals surface area contributed by atoms with Gasteiger partial charge in [0.2, 0.25) is 5.69 Å². The number of hydrogen-bond acceptors (Lipinski definition) is 4. The van der Waals surface area contributed by atoms with Crippen LogP contribution in [0.3, 0.4) is 0 Å². The molecular weight excluding hydrogens is 368 g/mol. The van der Waals surface area contributed by atoms with Gasteiger partial charge in [-0.15, -0.1) is 0 Å². The van der Waals surface area contributed by atoms with Crippen molar-refractivity contribution in [1.29, 1.82) is 0 Å². The molecule has 0 spiro atoms. The first kappa shape index (κ1) is 20.4. The Morgan fingerprint density at radius 3 is 2.32 bits per heavy atom. The van der Waals surface area contributed by atoms with Crippen LogP contribution in [0.15, 0.2) is 47.7 Å². The zero-order valence-electron chi connectivity index (χ0n) is 12.5. The Balaban J connectivity index is 0.000000333. The normalized spacial score (nSPS) is 11.1. The van der Waals surface area contributed by atoms with Gasteiger partial charge in [-0.3, -0.25) is 0 Å². The molecule has 0 aliphatic rings. The van der Waals surface area contributed by atoms with Gasteiger partial charge in [-0.05, 0) is 29.8 Å². The van der Waals surface area contributed by atoms with Gasteiger partial charge in [-0.1, -0.05) is 5.11 Å². The minimum absolute atomic E-state index is 0.360. The molecule has 0 aliphatic carbocycles. The van der Waals surface area contributed by atoms with E-state index in [0.29, 0.717) is 11.3 Å². The van der Waals surface area contributed by atoms with Gasteiger partial charge in [-0.2, -0.15) is 13.2 Å². The number of halogens is 4. The van der Waals surface area contributed by atoms with E-state index in [9.17, 15) is 17.6 Å². The van der Waals surface area contributed by atoms with Gasteiger partial charge >= 0.3 is 5.51 Å². The van der Waals surface area contributed by atoms with Gasteiger partial charge in [0.1, 0.15) is 12.9 Å². The minimum atomic E-state index is -6.09. The second kappa shape index (κ2) is 7.92. The number of azide groups is 1. The van der Waals surface area contributed by atoms with Crippen molar-refractivity contribution in [3.05, 3.63) is 58.9 Å². The quantitative estimate of drug-likeness (QED) is 0.152. The van der Waals surface area contributed by atoms with Crippen LogP contribution in [0, 0.1) is 5.82 Å². The van der Waals surface area contributed by atoms with Crippen LogP contribution in [0.2, 0.25) is 0 Å². The van der Waals surface area contributed by atoms with Gasteiger partial charge in [0, 0.05) is 17.0 Å². The molecule has 2 rings (SSSR count). The van der Waals surface area contributed by atoms with E-state index in [1.54, 1.807) is 0 Å². The molecule has 1 aromatic heterocycles. The Kier molecular flexibility index (Phi) is 6.45. The molecule has 0 radical (unpaired) electrons. The Morgan fingerprint density at radius 1 is 1.24 bits per heavy atom. The maximum atomic E-state index is 13.3. The van der Waals surface area contributed by atoms with Crippen molar-refractivity contribution in [2.24, 2.45) is 12.2 Å². The van der Waals surface area contributed by atoms with Crippen molar-refractivity contribution in [2.75, 3.05) is 0 Å². The number of benzene rings is 1. The molecule has 7 nitrogen and oxygen atoms in total. The first-order valence-corrected chi connectivity index (χ1v) is 7.70. The highest BCUT2D eigenvalue weighted by molar-refractivity contribution is 7.86. The lowest BCUT2D eigenvalue weighted by molar-refractivity contribution is -0.660. The van der Waals surface area contributed by atoms with Gasteiger partial charge in [-0.25, -0.2) is 17.4 Å². The zero-order chi connectivity index (χ0) is 19.3. The van der Waals surface area contributed by atoms with E-state index in [0.717, 1.165) is 5.69 Å². The fraction of sp³-hybridized carbons (Fsp3) is 0.154. The van der Waals surface area contributed by atoms with E-state index >= 15 is 0 Å². The lowest BCUT2D eigenvalue weighted by Gasteiger charge is -2.08. The van der Waals surface area contributed by atoms with Crippen LogP contribution < -0.4 is 4.57 Å². The highest BCUT2D eigenvalue weighted by Gasteiger charge is 2.36. The number of rotatable bonds is 2. The highest BCUT2D eigenvalue weighted by Crippen LogP contribution is 2.28. The Morgan fingerprint density at radius 2 is 1.84 bits per heavy atom. The van der Waals surface area contributed by atoms with Crippen molar-refractivity contribution in [3.8, 4) is 11.3 Å². The molecule has 0 atom stereocenters. The average molecular weight is 378 g/mol. The third kappa shape index (κ3) is 5.71. The van der Waals surface area contributed by atoms with Crippen LogP contribution in [0.4, 0.5) is 23.2 Å². The molecule has 0 amide bonds. The third-order valence-electron chi connectivity index (χ3n) is 2.73. The maximum absolute atomic E-state index is 13.3. The van der Waals surface area contributed by atoms with Crippen molar-refractivity contribution in [3.63, 3.8) is 0 Å².